The quantitative estimate of drug-likeness (QED) is 0.647. The Morgan fingerprint density at radius 1 is 1.00 bits per heavy atom. The van der Waals surface area contributed by atoms with Gasteiger partial charge in [-0.25, -0.2) is 4.79 Å². The van der Waals surface area contributed by atoms with E-state index in [4.69, 9.17) is 18.8 Å². The third kappa shape index (κ3) is 5.45. The van der Waals surface area contributed by atoms with Gasteiger partial charge in [-0.2, -0.15) is 0 Å². The van der Waals surface area contributed by atoms with Crippen molar-refractivity contribution in [3.63, 3.8) is 0 Å². The fourth-order valence-corrected chi connectivity index (χ4v) is 3.34. The Hall–Kier alpha value is -2.51. The molecule has 1 saturated heterocycles. The molecule has 2 aromatic carbocycles. The zero-order valence-corrected chi connectivity index (χ0v) is 20.4. The minimum Gasteiger partial charge on any atom is -0.487 e. The Balaban J connectivity index is 1.93. The van der Waals surface area contributed by atoms with Gasteiger partial charge in [0.2, 0.25) is 0 Å². The Kier molecular flexibility index (Phi) is 6.63. The predicted octanol–water partition coefficient (Wildman–Crippen LogP) is 5.22. The molecule has 3 rings (SSSR count). The monoisotopic (exact) mass is 439 g/mol. The van der Waals surface area contributed by atoms with Gasteiger partial charge in [-0.1, -0.05) is 36.4 Å². The summed E-state index contributed by atoms with van der Waals surface area (Å²) in [4.78, 5) is 12.6. The molecule has 0 unspecified atom stereocenters. The molecule has 7 heteroatoms. The number of amides is 1. The molecule has 0 bridgehead atoms. The molecule has 32 heavy (non-hydrogen) atoms. The maximum atomic E-state index is 12.6. The first kappa shape index (κ1) is 24.1. The van der Waals surface area contributed by atoms with E-state index in [9.17, 15) is 4.79 Å². The fraction of sp³-hybridized carbons (Fsp3) is 0.480. The van der Waals surface area contributed by atoms with Crippen molar-refractivity contribution < 1.29 is 23.6 Å². The molecule has 0 atom stereocenters. The molecule has 1 aliphatic rings. The zero-order chi connectivity index (χ0) is 23.7. The average molecular weight is 439 g/mol. The number of rotatable bonds is 5. The first-order valence-electron chi connectivity index (χ1n) is 10.9. The van der Waals surface area contributed by atoms with Crippen LogP contribution < -0.4 is 15.5 Å². The van der Waals surface area contributed by atoms with E-state index in [1.807, 2.05) is 97.9 Å². The number of benzene rings is 2. The lowest BCUT2D eigenvalue weighted by Gasteiger charge is -2.32. The molecule has 6 nitrogen and oxygen atoms in total. The fourth-order valence-electron chi connectivity index (χ4n) is 3.34. The number of anilines is 1. The number of carbonyl (C=O) groups excluding carboxylic acids is 1. The van der Waals surface area contributed by atoms with Crippen molar-refractivity contribution in [1.29, 1.82) is 0 Å². The van der Waals surface area contributed by atoms with Crippen LogP contribution in [-0.2, 0) is 20.7 Å². The van der Waals surface area contributed by atoms with Gasteiger partial charge in [0, 0.05) is 0 Å². The second-order valence-corrected chi connectivity index (χ2v) is 10.1. The summed E-state index contributed by atoms with van der Waals surface area (Å²) in [6, 6.07) is 13.6. The molecular weight excluding hydrogens is 405 g/mol. The summed E-state index contributed by atoms with van der Waals surface area (Å²) in [5.74, 6) is 0.553. The van der Waals surface area contributed by atoms with Crippen LogP contribution >= 0.6 is 0 Å². The molecule has 1 fully saturated rings. The number of nitrogens with one attached hydrogen (secondary N) is 1. The SMILES string of the molecule is Cc1c(B2OC(C)(C)C(C)(C)O2)ccc(OCc2ccccc2)c1NC(=O)OC(C)(C)C. The largest absolute Gasteiger partial charge is 0.495 e. The topological polar surface area (TPSA) is 66.0 Å². The highest BCUT2D eigenvalue weighted by atomic mass is 16.7. The molecule has 2 aromatic rings. The Morgan fingerprint density at radius 3 is 2.16 bits per heavy atom. The van der Waals surface area contributed by atoms with Crippen LogP contribution in [0.1, 0.15) is 59.6 Å². The van der Waals surface area contributed by atoms with Crippen molar-refractivity contribution >= 4 is 24.4 Å². The summed E-state index contributed by atoms with van der Waals surface area (Å²) in [5.41, 5.74) is 1.66. The average Bonchev–Trinajstić information content (AvgIpc) is 2.88. The molecule has 1 N–H and O–H groups in total. The molecule has 0 radical (unpaired) electrons. The van der Waals surface area contributed by atoms with Crippen LogP contribution in [-0.4, -0.2) is 30.0 Å². The molecule has 0 spiro atoms. The van der Waals surface area contributed by atoms with Gasteiger partial charge in [0.1, 0.15) is 18.0 Å². The minimum absolute atomic E-state index is 0.374. The van der Waals surface area contributed by atoms with Crippen LogP contribution in [0.5, 0.6) is 5.75 Å². The molecule has 0 saturated carbocycles. The van der Waals surface area contributed by atoms with Gasteiger partial charge in [0.05, 0.1) is 16.9 Å². The van der Waals surface area contributed by atoms with Gasteiger partial charge in [-0.3, -0.25) is 5.32 Å². The summed E-state index contributed by atoms with van der Waals surface area (Å²) in [6.45, 7) is 15.8. The van der Waals surface area contributed by atoms with Crippen molar-refractivity contribution in [3.05, 3.63) is 53.6 Å². The highest BCUT2D eigenvalue weighted by molar-refractivity contribution is 6.62. The molecular formula is C25H34BNO5. The molecule has 1 aliphatic heterocycles. The molecule has 1 amide bonds. The van der Waals surface area contributed by atoms with Gasteiger partial charge < -0.3 is 18.8 Å². The van der Waals surface area contributed by atoms with Crippen LogP contribution in [0.3, 0.4) is 0 Å². The van der Waals surface area contributed by atoms with E-state index >= 15 is 0 Å². The van der Waals surface area contributed by atoms with Gasteiger partial charge in [-0.15, -0.1) is 0 Å². The molecule has 1 heterocycles. The maximum Gasteiger partial charge on any atom is 0.495 e. The number of ether oxygens (including phenoxy) is 2. The van der Waals surface area contributed by atoms with Crippen molar-refractivity contribution in [2.75, 3.05) is 5.32 Å². The van der Waals surface area contributed by atoms with Gasteiger partial charge in [0.25, 0.3) is 0 Å². The summed E-state index contributed by atoms with van der Waals surface area (Å²) >= 11 is 0. The smallest absolute Gasteiger partial charge is 0.487 e. The molecule has 0 aromatic heterocycles. The van der Waals surface area contributed by atoms with Crippen LogP contribution in [0.25, 0.3) is 0 Å². The van der Waals surface area contributed by atoms with Crippen molar-refractivity contribution in [3.8, 4) is 5.75 Å². The normalized spacial score (nSPS) is 17.2. The lowest BCUT2D eigenvalue weighted by Crippen LogP contribution is -2.41. The summed E-state index contributed by atoms with van der Waals surface area (Å²) in [5, 5.41) is 2.88. The highest BCUT2D eigenvalue weighted by Gasteiger charge is 2.52. The Bertz CT molecular complexity index is 950. The second-order valence-electron chi connectivity index (χ2n) is 10.1. The Labute approximate surface area is 191 Å². The third-order valence-corrected chi connectivity index (χ3v) is 5.84. The van der Waals surface area contributed by atoms with E-state index in [2.05, 4.69) is 5.32 Å². The first-order valence-corrected chi connectivity index (χ1v) is 10.9. The predicted molar refractivity (Wildman–Crippen MR) is 128 cm³/mol. The highest BCUT2D eigenvalue weighted by Crippen LogP contribution is 2.38. The van der Waals surface area contributed by atoms with Gasteiger partial charge in [0.15, 0.2) is 0 Å². The van der Waals surface area contributed by atoms with E-state index in [0.29, 0.717) is 18.0 Å². The first-order chi connectivity index (χ1) is 14.8. The second kappa shape index (κ2) is 8.79. The number of hydrogen-bond donors (Lipinski definition) is 1. The van der Waals surface area contributed by atoms with Crippen molar-refractivity contribution in [2.24, 2.45) is 0 Å². The van der Waals surface area contributed by atoms with Gasteiger partial charge >= 0.3 is 13.2 Å². The van der Waals surface area contributed by atoms with E-state index in [-0.39, 0.29) is 0 Å². The molecule has 0 aliphatic carbocycles. The Morgan fingerprint density at radius 2 is 1.59 bits per heavy atom. The summed E-state index contributed by atoms with van der Waals surface area (Å²) in [6.07, 6.45) is -0.545. The standard InChI is InChI=1S/C25H34BNO5/c1-17-19(26-31-24(5,6)25(7,8)32-26)14-15-20(29-16-18-12-10-9-11-13-18)21(17)27-22(28)30-23(2,3)4/h9-15H,16H2,1-8H3,(H,27,28). The summed E-state index contributed by atoms with van der Waals surface area (Å²) in [7, 11) is -0.553. The van der Waals surface area contributed by atoms with Crippen LogP contribution in [0.2, 0.25) is 0 Å². The van der Waals surface area contributed by atoms with Crippen molar-refractivity contribution in [1.82, 2.24) is 0 Å². The number of hydrogen-bond acceptors (Lipinski definition) is 5. The van der Waals surface area contributed by atoms with Gasteiger partial charge in [-0.05, 0) is 78.0 Å². The van der Waals surface area contributed by atoms with E-state index in [1.54, 1.807) is 0 Å². The summed E-state index contributed by atoms with van der Waals surface area (Å²) < 4.78 is 24.0. The number of carbonyl (C=O) groups is 1. The van der Waals surface area contributed by atoms with Crippen LogP contribution in [0.15, 0.2) is 42.5 Å². The third-order valence-electron chi connectivity index (χ3n) is 5.84. The maximum absolute atomic E-state index is 12.6. The van der Waals surface area contributed by atoms with E-state index in [1.165, 1.54) is 0 Å². The van der Waals surface area contributed by atoms with Crippen LogP contribution in [0.4, 0.5) is 10.5 Å². The van der Waals surface area contributed by atoms with Crippen molar-refractivity contribution in [2.45, 2.75) is 78.8 Å². The van der Waals surface area contributed by atoms with E-state index in [0.717, 1.165) is 16.6 Å². The zero-order valence-electron chi connectivity index (χ0n) is 20.4. The lowest BCUT2D eigenvalue weighted by atomic mass is 9.75. The van der Waals surface area contributed by atoms with Crippen LogP contribution in [0, 0.1) is 6.92 Å². The molecule has 172 valence electrons. The van der Waals surface area contributed by atoms with E-state index < -0.39 is 30.0 Å². The minimum atomic E-state index is -0.619. The lowest BCUT2D eigenvalue weighted by molar-refractivity contribution is 0.00578.